The molecule has 1 aromatic heterocycles. The molecule has 0 amide bonds. The molecule has 7 nitrogen and oxygen atoms in total. The maximum absolute atomic E-state index is 12.5. The third kappa shape index (κ3) is 3.84. The number of hydrogen-bond acceptors (Lipinski definition) is 6. The van der Waals surface area contributed by atoms with Crippen LogP contribution in [0, 0.1) is 0 Å². The molecule has 2 aromatic rings. The van der Waals surface area contributed by atoms with Crippen LogP contribution in [-0.4, -0.2) is 34.3 Å². The second-order valence-electron chi connectivity index (χ2n) is 5.09. The fourth-order valence-corrected chi connectivity index (χ4v) is 3.29. The molecule has 0 radical (unpaired) electrons. The van der Waals surface area contributed by atoms with Crippen LogP contribution in [-0.2, 0) is 15.6 Å². The highest BCUT2D eigenvalue weighted by Gasteiger charge is 2.30. The molecule has 2 N–H and O–H groups in total. The highest BCUT2D eigenvalue weighted by molar-refractivity contribution is 7.89. The first-order valence-corrected chi connectivity index (χ1v) is 8.26. The molecule has 1 aromatic carbocycles. The zero-order chi connectivity index (χ0) is 17.1. The Morgan fingerprint density at radius 2 is 2.00 bits per heavy atom. The Morgan fingerprint density at radius 1 is 1.26 bits per heavy atom. The molecule has 0 aliphatic heterocycles. The number of hydrogen-bond donors (Lipinski definition) is 2. The highest BCUT2D eigenvalue weighted by atomic mass is 32.2. The predicted molar refractivity (Wildman–Crippen MR) is 83.0 cm³/mol. The molecule has 0 aliphatic carbocycles. The Balaban J connectivity index is 2.25. The Kier molecular flexibility index (Phi) is 4.98. The standard InChI is InChI=1S/C15H19NO6S/c1-15(17,14-5-4-8-22-14)10-16-23(18,19)13-9-11(20-2)6-7-12(13)21-3/h4-9,16-17H,10H2,1-3H3/t15-/m0/s1. The third-order valence-electron chi connectivity index (χ3n) is 3.32. The van der Waals surface area contributed by atoms with Gasteiger partial charge in [0.1, 0.15) is 27.8 Å². The topological polar surface area (TPSA) is 98.0 Å². The van der Waals surface area contributed by atoms with Crippen molar-refractivity contribution in [2.75, 3.05) is 20.8 Å². The van der Waals surface area contributed by atoms with Crippen molar-refractivity contribution in [1.29, 1.82) is 0 Å². The molecule has 0 saturated heterocycles. The SMILES string of the molecule is COc1ccc(OC)c(S(=O)(=O)NC[C@](C)(O)c2ccco2)c1. The van der Waals surface area contributed by atoms with E-state index in [1.807, 2.05) is 0 Å². The lowest BCUT2D eigenvalue weighted by Gasteiger charge is -2.21. The van der Waals surface area contributed by atoms with Crippen LogP contribution >= 0.6 is 0 Å². The van der Waals surface area contributed by atoms with Gasteiger partial charge in [-0.3, -0.25) is 0 Å². The van der Waals surface area contributed by atoms with Crippen molar-refractivity contribution in [3.05, 3.63) is 42.4 Å². The second-order valence-corrected chi connectivity index (χ2v) is 6.83. The minimum absolute atomic E-state index is 0.0744. The normalized spacial score (nSPS) is 14.3. The summed E-state index contributed by atoms with van der Waals surface area (Å²) < 4.78 is 42.6. The van der Waals surface area contributed by atoms with Gasteiger partial charge in [-0.25, -0.2) is 13.1 Å². The summed E-state index contributed by atoms with van der Waals surface area (Å²) in [6.45, 7) is 1.19. The van der Waals surface area contributed by atoms with E-state index in [2.05, 4.69) is 4.72 Å². The van der Waals surface area contributed by atoms with E-state index in [1.54, 1.807) is 18.2 Å². The van der Waals surface area contributed by atoms with E-state index in [0.717, 1.165) is 0 Å². The van der Waals surface area contributed by atoms with Gasteiger partial charge in [-0.05, 0) is 31.2 Å². The van der Waals surface area contributed by atoms with Crippen LogP contribution in [0.1, 0.15) is 12.7 Å². The minimum Gasteiger partial charge on any atom is -0.497 e. The molecule has 0 bridgehead atoms. The Bertz CT molecular complexity index is 752. The van der Waals surface area contributed by atoms with E-state index in [9.17, 15) is 13.5 Å². The zero-order valence-corrected chi connectivity index (χ0v) is 13.9. The van der Waals surface area contributed by atoms with Gasteiger partial charge in [-0.2, -0.15) is 0 Å². The van der Waals surface area contributed by atoms with Gasteiger partial charge < -0.3 is 19.0 Å². The summed E-state index contributed by atoms with van der Waals surface area (Å²) in [5, 5.41) is 10.3. The fraction of sp³-hybridized carbons (Fsp3) is 0.333. The summed E-state index contributed by atoms with van der Waals surface area (Å²) in [6, 6.07) is 7.63. The number of aliphatic hydroxyl groups is 1. The van der Waals surface area contributed by atoms with E-state index in [-0.39, 0.29) is 22.9 Å². The van der Waals surface area contributed by atoms with Crippen molar-refractivity contribution in [3.8, 4) is 11.5 Å². The molecule has 8 heteroatoms. The summed E-state index contributed by atoms with van der Waals surface area (Å²) >= 11 is 0. The number of furan rings is 1. The van der Waals surface area contributed by atoms with Crippen molar-refractivity contribution in [2.24, 2.45) is 0 Å². The van der Waals surface area contributed by atoms with Crippen molar-refractivity contribution in [2.45, 2.75) is 17.4 Å². The van der Waals surface area contributed by atoms with Gasteiger partial charge in [0.2, 0.25) is 10.0 Å². The maximum Gasteiger partial charge on any atom is 0.244 e. The Labute approximate surface area is 134 Å². The molecule has 23 heavy (non-hydrogen) atoms. The first-order chi connectivity index (χ1) is 10.8. The summed E-state index contributed by atoms with van der Waals surface area (Å²) in [6.07, 6.45) is 1.41. The molecule has 1 atom stereocenters. The molecule has 0 fully saturated rings. The van der Waals surface area contributed by atoms with Crippen LogP contribution in [0.15, 0.2) is 45.9 Å². The fourth-order valence-electron chi connectivity index (χ4n) is 1.98. The van der Waals surface area contributed by atoms with Crippen molar-refractivity contribution in [3.63, 3.8) is 0 Å². The van der Waals surface area contributed by atoms with Crippen molar-refractivity contribution < 1.29 is 27.4 Å². The molecule has 0 aliphatic rings. The average Bonchev–Trinajstić information content (AvgIpc) is 3.08. The Morgan fingerprint density at radius 3 is 2.57 bits per heavy atom. The van der Waals surface area contributed by atoms with E-state index in [4.69, 9.17) is 13.9 Å². The number of ether oxygens (including phenoxy) is 2. The highest BCUT2D eigenvalue weighted by Crippen LogP contribution is 2.28. The van der Waals surface area contributed by atoms with Crippen LogP contribution in [0.3, 0.4) is 0 Å². The number of rotatable bonds is 7. The van der Waals surface area contributed by atoms with Gasteiger partial charge in [-0.15, -0.1) is 0 Å². The zero-order valence-electron chi connectivity index (χ0n) is 13.1. The van der Waals surface area contributed by atoms with E-state index >= 15 is 0 Å². The van der Waals surface area contributed by atoms with Crippen LogP contribution in [0.25, 0.3) is 0 Å². The smallest absolute Gasteiger partial charge is 0.244 e. The molecule has 0 spiro atoms. The van der Waals surface area contributed by atoms with Crippen LogP contribution < -0.4 is 14.2 Å². The van der Waals surface area contributed by atoms with Gasteiger partial charge in [0, 0.05) is 12.6 Å². The molecular formula is C15H19NO6S. The lowest BCUT2D eigenvalue weighted by atomic mass is 10.1. The monoisotopic (exact) mass is 341 g/mol. The molecule has 0 saturated carbocycles. The van der Waals surface area contributed by atoms with Crippen LogP contribution in [0.5, 0.6) is 11.5 Å². The minimum atomic E-state index is -3.92. The van der Waals surface area contributed by atoms with Gasteiger partial charge in [0.15, 0.2) is 0 Å². The van der Waals surface area contributed by atoms with Crippen molar-refractivity contribution >= 4 is 10.0 Å². The average molecular weight is 341 g/mol. The van der Waals surface area contributed by atoms with Crippen LogP contribution in [0.4, 0.5) is 0 Å². The molecule has 2 rings (SSSR count). The maximum atomic E-state index is 12.5. The summed E-state index contributed by atoms with van der Waals surface area (Å²) in [5.74, 6) is 0.817. The molecule has 126 valence electrons. The third-order valence-corrected chi connectivity index (χ3v) is 4.74. The Hall–Kier alpha value is -2.03. The number of nitrogens with one attached hydrogen (secondary N) is 1. The van der Waals surface area contributed by atoms with Gasteiger partial charge in [0.05, 0.1) is 20.5 Å². The second kappa shape index (κ2) is 6.61. The number of benzene rings is 1. The molecular weight excluding hydrogens is 322 g/mol. The summed E-state index contributed by atoms with van der Waals surface area (Å²) in [5.41, 5.74) is -1.48. The summed E-state index contributed by atoms with van der Waals surface area (Å²) in [7, 11) is -1.10. The lowest BCUT2D eigenvalue weighted by molar-refractivity contribution is 0.0395. The van der Waals surface area contributed by atoms with E-state index in [0.29, 0.717) is 5.75 Å². The van der Waals surface area contributed by atoms with Gasteiger partial charge in [0.25, 0.3) is 0 Å². The first-order valence-electron chi connectivity index (χ1n) is 6.78. The van der Waals surface area contributed by atoms with Crippen molar-refractivity contribution in [1.82, 2.24) is 4.72 Å². The molecule has 0 unspecified atom stereocenters. The predicted octanol–water partition coefficient (Wildman–Crippen LogP) is 1.48. The van der Waals surface area contributed by atoms with Gasteiger partial charge >= 0.3 is 0 Å². The first kappa shape index (κ1) is 17.3. The number of methoxy groups -OCH3 is 2. The lowest BCUT2D eigenvalue weighted by Crippen LogP contribution is -2.38. The number of sulfonamides is 1. The largest absolute Gasteiger partial charge is 0.497 e. The van der Waals surface area contributed by atoms with E-state index < -0.39 is 15.6 Å². The summed E-state index contributed by atoms with van der Waals surface area (Å²) in [4.78, 5) is -0.0744. The molecule has 1 heterocycles. The quantitative estimate of drug-likeness (QED) is 0.792. The van der Waals surface area contributed by atoms with Gasteiger partial charge in [-0.1, -0.05) is 0 Å². The van der Waals surface area contributed by atoms with E-state index in [1.165, 1.54) is 39.5 Å². The van der Waals surface area contributed by atoms with Crippen LogP contribution in [0.2, 0.25) is 0 Å².